The Morgan fingerprint density at radius 2 is 1.67 bits per heavy atom. The number of ether oxygens (including phenoxy) is 1. The Balaban J connectivity index is 1.94. The van der Waals surface area contributed by atoms with Crippen LogP contribution in [0.3, 0.4) is 0 Å². The van der Waals surface area contributed by atoms with Crippen LogP contribution in [0.25, 0.3) is 0 Å². The van der Waals surface area contributed by atoms with E-state index in [0.29, 0.717) is 17.7 Å². The zero-order valence-corrected chi connectivity index (χ0v) is 21.5. The molecule has 0 spiro atoms. The molecule has 0 aliphatic heterocycles. The van der Waals surface area contributed by atoms with Crippen LogP contribution in [0.15, 0.2) is 72.8 Å². The third-order valence-corrected chi connectivity index (χ3v) is 6.48. The lowest BCUT2D eigenvalue weighted by Gasteiger charge is -2.32. The number of aryl methyl sites for hydroxylation is 1. The summed E-state index contributed by atoms with van der Waals surface area (Å²) in [5.74, 6) is -0.478. The first-order valence-electron chi connectivity index (χ1n) is 12.4. The lowest BCUT2D eigenvalue weighted by molar-refractivity contribution is -0.143. The molecule has 0 aliphatic carbocycles. The number of hydrogen-bond donors (Lipinski definition) is 1. The topological polar surface area (TPSA) is 58.6 Å². The molecule has 2 atom stereocenters. The van der Waals surface area contributed by atoms with Gasteiger partial charge in [0, 0.05) is 24.6 Å². The van der Waals surface area contributed by atoms with Crippen LogP contribution in [0.5, 0.6) is 5.75 Å². The van der Waals surface area contributed by atoms with Gasteiger partial charge in [0.05, 0.1) is 0 Å². The van der Waals surface area contributed by atoms with E-state index in [-0.39, 0.29) is 31.0 Å². The summed E-state index contributed by atoms with van der Waals surface area (Å²) in [6, 6.07) is 20.6. The van der Waals surface area contributed by atoms with Crippen molar-refractivity contribution in [2.24, 2.45) is 0 Å². The molecule has 0 saturated carbocycles. The first kappa shape index (κ1) is 26.9. The number of benzene rings is 3. The number of amides is 2. The second-order valence-corrected chi connectivity index (χ2v) is 9.12. The van der Waals surface area contributed by atoms with Gasteiger partial charge in [0.2, 0.25) is 5.91 Å². The normalized spacial score (nSPS) is 12.5. The van der Waals surface area contributed by atoms with Gasteiger partial charge in [0.15, 0.2) is 6.61 Å². The van der Waals surface area contributed by atoms with E-state index in [4.69, 9.17) is 4.74 Å². The first-order valence-corrected chi connectivity index (χ1v) is 12.4. The van der Waals surface area contributed by atoms with Gasteiger partial charge in [-0.05, 0) is 56.0 Å². The predicted molar refractivity (Wildman–Crippen MR) is 140 cm³/mol. The van der Waals surface area contributed by atoms with Crippen molar-refractivity contribution in [3.8, 4) is 5.75 Å². The number of halogens is 1. The molecule has 6 heteroatoms. The highest BCUT2D eigenvalue weighted by Gasteiger charge is 2.31. The van der Waals surface area contributed by atoms with Crippen LogP contribution in [-0.4, -0.2) is 35.4 Å². The summed E-state index contributed by atoms with van der Waals surface area (Å²) >= 11 is 0. The molecule has 0 radical (unpaired) electrons. The minimum Gasteiger partial charge on any atom is -0.483 e. The molecule has 190 valence electrons. The van der Waals surface area contributed by atoms with Gasteiger partial charge in [-0.3, -0.25) is 9.59 Å². The predicted octanol–water partition coefficient (Wildman–Crippen LogP) is 5.38. The second kappa shape index (κ2) is 12.9. The maximum Gasteiger partial charge on any atom is 0.261 e. The Kier molecular flexibility index (Phi) is 9.62. The summed E-state index contributed by atoms with van der Waals surface area (Å²) in [6.07, 6.45) is 1.05. The van der Waals surface area contributed by atoms with Gasteiger partial charge in [0.25, 0.3) is 5.91 Å². The molecular weight excluding hydrogens is 455 g/mol. The molecule has 3 aromatic rings. The molecular formula is C30H35FN2O3. The smallest absolute Gasteiger partial charge is 0.261 e. The van der Waals surface area contributed by atoms with Crippen molar-refractivity contribution in [2.75, 3.05) is 6.61 Å². The average Bonchev–Trinajstić information content (AvgIpc) is 2.88. The average molecular weight is 491 g/mol. The number of carbonyl (C=O) groups is 2. The van der Waals surface area contributed by atoms with Crippen molar-refractivity contribution in [1.82, 2.24) is 10.2 Å². The molecule has 0 bridgehead atoms. The Bertz CT molecular complexity index is 1170. The van der Waals surface area contributed by atoms with Crippen molar-refractivity contribution >= 4 is 11.8 Å². The molecule has 0 aliphatic rings. The third-order valence-electron chi connectivity index (χ3n) is 6.48. The molecule has 36 heavy (non-hydrogen) atoms. The second-order valence-electron chi connectivity index (χ2n) is 9.12. The van der Waals surface area contributed by atoms with E-state index in [1.54, 1.807) is 18.2 Å². The van der Waals surface area contributed by atoms with Crippen LogP contribution in [0, 0.1) is 19.7 Å². The summed E-state index contributed by atoms with van der Waals surface area (Å²) in [6.45, 7) is 7.50. The first-order chi connectivity index (χ1) is 17.3. The standard InChI is InChI=1S/C30H35FN2O3/c1-5-22(3)32-30(35)27(18-24-13-7-6-8-14-24)33(19-25-15-9-10-16-26(25)31)29(34)20-36-28-17-11-12-21(2)23(28)4/h6-17,22,27H,5,18-20H2,1-4H3,(H,32,35)/t22-,27+/m1/s1. The monoisotopic (exact) mass is 490 g/mol. The molecule has 3 aromatic carbocycles. The number of rotatable bonds is 11. The van der Waals surface area contributed by atoms with E-state index in [2.05, 4.69) is 5.32 Å². The largest absolute Gasteiger partial charge is 0.483 e. The molecule has 2 amide bonds. The zero-order valence-electron chi connectivity index (χ0n) is 21.5. The van der Waals surface area contributed by atoms with E-state index < -0.39 is 11.9 Å². The van der Waals surface area contributed by atoms with Crippen molar-refractivity contribution < 1.29 is 18.7 Å². The quantitative estimate of drug-likeness (QED) is 0.393. The lowest BCUT2D eigenvalue weighted by Crippen LogP contribution is -2.53. The summed E-state index contributed by atoms with van der Waals surface area (Å²) < 4.78 is 20.5. The Hall–Kier alpha value is -3.67. The summed E-state index contributed by atoms with van der Waals surface area (Å²) in [7, 11) is 0. The highest BCUT2D eigenvalue weighted by Crippen LogP contribution is 2.22. The van der Waals surface area contributed by atoms with Crippen molar-refractivity contribution in [3.05, 3.63) is 101 Å². The van der Waals surface area contributed by atoms with E-state index in [1.165, 1.54) is 11.0 Å². The van der Waals surface area contributed by atoms with Crippen LogP contribution in [0.2, 0.25) is 0 Å². The molecule has 0 saturated heterocycles. The SMILES string of the molecule is CC[C@@H](C)NC(=O)[C@H](Cc1ccccc1)N(Cc1ccccc1F)C(=O)COc1cccc(C)c1C. The fourth-order valence-corrected chi connectivity index (χ4v) is 3.91. The summed E-state index contributed by atoms with van der Waals surface area (Å²) in [5.41, 5.74) is 3.25. The zero-order chi connectivity index (χ0) is 26.1. The number of carbonyl (C=O) groups excluding carboxylic acids is 2. The molecule has 1 N–H and O–H groups in total. The van der Waals surface area contributed by atoms with Gasteiger partial charge in [-0.15, -0.1) is 0 Å². The van der Waals surface area contributed by atoms with Gasteiger partial charge >= 0.3 is 0 Å². The Morgan fingerprint density at radius 3 is 2.36 bits per heavy atom. The maximum atomic E-state index is 14.6. The number of hydrogen-bond acceptors (Lipinski definition) is 3. The van der Waals surface area contributed by atoms with Crippen LogP contribution >= 0.6 is 0 Å². The fourth-order valence-electron chi connectivity index (χ4n) is 3.91. The number of nitrogens with zero attached hydrogens (tertiary/aromatic N) is 1. The molecule has 0 heterocycles. The van der Waals surface area contributed by atoms with Gasteiger partial charge < -0.3 is 15.0 Å². The van der Waals surface area contributed by atoms with Crippen molar-refractivity contribution in [2.45, 2.75) is 59.2 Å². The van der Waals surface area contributed by atoms with E-state index in [0.717, 1.165) is 23.1 Å². The van der Waals surface area contributed by atoms with Gasteiger partial charge in [0.1, 0.15) is 17.6 Å². The third kappa shape index (κ3) is 7.17. The van der Waals surface area contributed by atoms with Crippen LogP contribution in [0.4, 0.5) is 4.39 Å². The van der Waals surface area contributed by atoms with Gasteiger partial charge in [-0.2, -0.15) is 0 Å². The molecule has 5 nitrogen and oxygen atoms in total. The van der Waals surface area contributed by atoms with E-state index in [1.807, 2.05) is 76.2 Å². The highest BCUT2D eigenvalue weighted by molar-refractivity contribution is 5.88. The van der Waals surface area contributed by atoms with Crippen molar-refractivity contribution in [1.29, 1.82) is 0 Å². The lowest BCUT2D eigenvalue weighted by atomic mass is 10.0. The van der Waals surface area contributed by atoms with Crippen LogP contribution < -0.4 is 10.1 Å². The summed E-state index contributed by atoms with van der Waals surface area (Å²) in [5, 5.41) is 3.01. The van der Waals surface area contributed by atoms with Gasteiger partial charge in [-0.1, -0.05) is 67.6 Å². The van der Waals surface area contributed by atoms with E-state index >= 15 is 0 Å². The molecule has 3 rings (SSSR count). The van der Waals surface area contributed by atoms with Crippen LogP contribution in [-0.2, 0) is 22.6 Å². The molecule has 0 fully saturated rings. The van der Waals surface area contributed by atoms with Gasteiger partial charge in [-0.25, -0.2) is 4.39 Å². The maximum absolute atomic E-state index is 14.6. The van der Waals surface area contributed by atoms with Crippen molar-refractivity contribution in [3.63, 3.8) is 0 Å². The fraction of sp³-hybridized carbons (Fsp3) is 0.333. The highest BCUT2D eigenvalue weighted by atomic mass is 19.1. The molecule has 0 unspecified atom stereocenters. The Labute approximate surface area is 213 Å². The van der Waals surface area contributed by atoms with E-state index in [9.17, 15) is 14.0 Å². The van der Waals surface area contributed by atoms with Crippen LogP contribution in [0.1, 0.15) is 42.5 Å². The minimum absolute atomic E-state index is 0.0485. The summed E-state index contributed by atoms with van der Waals surface area (Å²) in [4.78, 5) is 28.5. The minimum atomic E-state index is -0.837. The molecule has 0 aromatic heterocycles. The number of nitrogens with one attached hydrogen (secondary N) is 1. The Morgan fingerprint density at radius 1 is 0.972 bits per heavy atom.